The maximum absolute atomic E-state index is 13.4. The summed E-state index contributed by atoms with van der Waals surface area (Å²) in [7, 11) is 0. The van der Waals surface area contributed by atoms with Crippen LogP contribution in [0, 0.1) is 0 Å². The van der Waals surface area contributed by atoms with Gasteiger partial charge in [0.1, 0.15) is 5.82 Å². The Bertz CT molecular complexity index is 1140. The van der Waals surface area contributed by atoms with Crippen molar-refractivity contribution >= 4 is 30.3 Å². The quantitative estimate of drug-likeness (QED) is 0.492. The van der Waals surface area contributed by atoms with E-state index in [1.54, 1.807) is 4.90 Å². The van der Waals surface area contributed by atoms with Crippen LogP contribution < -0.4 is 10.2 Å². The molecular formula is C24H26F3N5O2S. The van der Waals surface area contributed by atoms with Gasteiger partial charge in [-0.05, 0) is 35.2 Å². The van der Waals surface area contributed by atoms with Crippen LogP contribution in [0.5, 0.6) is 0 Å². The number of hydrogen-bond donors (Lipinski definition) is 2. The number of hydrogen-bond acceptors (Lipinski definition) is 7. The van der Waals surface area contributed by atoms with Crippen LogP contribution in [0.25, 0.3) is 0 Å². The predicted molar refractivity (Wildman–Crippen MR) is 127 cm³/mol. The number of nitrogens with zero attached hydrogens (tertiary/aromatic N) is 4. The molecule has 2 amide bonds. The van der Waals surface area contributed by atoms with E-state index in [1.165, 1.54) is 12.3 Å². The number of pyridine rings is 1. The number of imide groups is 1. The first kappa shape index (κ1) is 24.1. The fraction of sp³-hybridized carbons (Fsp3) is 0.458. The standard InChI is InChI=1S/C24H26F3N5O2S/c25-24(26,27)18-2-1-7-28-21(18)31-10-8-30(9-11-31)13-15-3-4-16-14-32(23(35)17(16)12-15)19-5-6-20(33)29-22(19)34/h1-4,7,12,19,23,35H,5-6,8-11,13-14H2,(H,29,33,34). The van der Waals surface area contributed by atoms with E-state index in [4.69, 9.17) is 12.6 Å². The number of nitrogens with one attached hydrogen (secondary N) is 1. The summed E-state index contributed by atoms with van der Waals surface area (Å²) in [6.45, 7) is 3.44. The van der Waals surface area contributed by atoms with Crippen molar-refractivity contribution in [3.8, 4) is 0 Å². The summed E-state index contributed by atoms with van der Waals surface area (Å²) in [4.78, 5) is 33.8. The van der Waals surface area contributed by atoms with Crippen LogP contribution in [-0.2, 0) is 28.9 Å². The molecule has 3 aliphatic rings. The molecule has 0 saturated carbocycles. The minimum absolute atomic E-state index is 0.0105. The highest BCUT2D eigenvalue weighted by atomic mass is 32.1. The topological polar surface area (TPSA) is 68.8 Å². The van der Waals surface area contributed by atoms with Crippen molar-refractivity contribution in [3.63, 3.8) is 0 Å². The lowest BCUT2D eigenvalue weighted by Gasteiger charge is -2.36. The summed E-state index contributed by atoms with van der Waals surface area (Å²) < 4.78 is 40.1. The number of alkyl halides is 3. The first-order chi connectivity index (χ1) is 16.7. The van der Waals surface area contributed by atoms with Gasteiger partial charge >= 0.3 is 6.18 Å². The molecule has 2 unspecified atom stereocenters. The van der Waals surface area contributed by atoms with E-state index in [1.807, 2.05) is 4.90 Å². The van der Waals surface area contributed by atoms with Gasteiger partial charge < -0.3 is 4.90 Å². The molecule has 2 atom stereocenters. The summed E-state index contributed by atoms with van der Waals surface area (Å²) in [5, 5.41) is 2.18. The molecule has 5 rings (SSSR count). The van der Waals surface area contributed by atoms with E-state index in [0.717, 1.165) is 22.8 Å². The van der Waals surface area contributed by atoms with Crippen molar-refractivity contribution in [1.29, 1.82) is 0 Å². The smallest absolute Gasteiger partial charge is 0.354 e. The van der Waals surface area contributed by atoms with Crippen LogP contribution >= 0.6 is 12.6 Å². The molecule has 2 saturated heterocycles. The van der Waals surface area contributed by atoms with Crippen LogP contribution in [0.15, 0.2) is 36.5 Å². The number of fused-ring (bicyclic) bond motifs is 1. The highest BCUT2D eigenvalue weighted by molar-refractivity contribution is 7.80. The Hall–Kier alpha value is -2.63. The molecule has 186 valence electrons. The van der Waals surface area contributed by atoms with Gasteiger partial charge in [-0.25, -0.2) is 4.98 Å². The van der Waals surface area contributed by atoms with Crippen molar-refractivity contribution in [2.75, 3.05) is 31.1 Å². The highest BCUT2D eigenvalue weighted by Crippen LogP contribution is 2.40. The van der Waals surface area contributed by atoms with Gasteiger partial charge in [-0.2, -0.15) is 25.8 Å². The maximum atomic E-state index is 13.4. The Morgan fingerprint density at radius 3 is 2.60 bits per heavy atom. The average molecular weight is 506 g/mol. The summed E-state index contributed by atoms with van der Waals surface area (Å²) >= 11 is 4.78. The highest BCUT2D eigenvalue weighted by Gasteiger charge is 2.39. The Balaban J connectivity index is 1.22. The van der Waals surface area contributed by atoms with Gasteiger partial charge in [0.2, 0.25) is 11.8 Å². The second-order valence-electron chi connectivity index (χ2n) is 9.18. The number of thiol groups is 1. The third-order valence-electron chi connectivity index (χ3n) is 6.94. The van der Waals surface area contributed by atoms with E-state index < -0.39 is 11.7 Å². The minimum Gasteiger partial charge on any atom is -0.354 e. The zero-order chi connectivity index (χ0) is 24.7. The molecule has 1 aromatic carbocycles. The fourth-order valence-corrected chi connectivity index (χ4v) is 5.60. The van der Waals surface area contributed by atoms with Crippen molar-refractivity contribution < 1.29 is 22.8 Å². The summed E-state index contributed by atoms with van der Waals surface area (Å²) in [6, 6.07) is 8.22. The molecule has 1 N–H and O–H groups in total. The number of carbonyl (C=O) groups is 2. The molecular weight excluding hydrogens is 479 g/mol. The SMILES string of the molecule is O=C1CCC(N2Cc3ccc(CN4CCN(c5ncccc5C(F)(F)F)CC4)cc3C2S)C(=O)N1. The summed E-state index contributed by atoms with van der Waals surface area (Å²) in [5.41, 5.74) is 2.55. The molecule has 11 heteroatoms. The van der Waals surface area contributed by atoms with Gasteiger partial charge in [0.05, 0.1) is 17.0 Å². The van der Waals surface area contributed by atoms with Gasteiger partial charge in [-0.15, -0.1) is 0 Å². The summed E-state index contributed by atoms with van der Waals surface area (Å²) in [5.74, 6) is -0.518. The third-order valence-corrected chi connectivity index (χ3v) is 7.51. The number of aromatic nitrogens is 1. The van der Waals surface area contributed by atoms with Crippen LogP contribution in [0.3, 0.4) is 0 Å². The molecule has 0 spiro atoms. The lowest BCUT2D eigenvalue weighted by atomic mass is 10.0. The molecule has 2 fully saturated rings. The lowest BCUT2D eigenvalue weighted by Crippen LogP contribution is -2.51. The molecule has 4 heterocycles. The minimum atomic E-state index is -4.43. The monoisotopic (exact) mass is 505 g/mol. The van der Waals surface area contributed by atoms with Gasteiger partial charge in [0.15, 0.2) is 0 Å². The van der Waals surface area contributed by atoms with Crippen molar-refractivity contribution in [3.05, 3.63) is 58.8 Å². The van der Waals surface area contributed by atoms with E-state index in [0.29, 0.717) is 52.1 Å². The van der Waals surface area contributed by atoms with Crippen molar-refractivity contribution in [2.24, 2.45) is 0 Å². The van der Waals surface area contributed by atoms with Crippen LogP contribution in [0.4, 0.5) is 19.0 Å². The fourth-order valence-electron chi connectivity index (χ4n) is 5.11. The Morgan fingerprint density at radius 2 is 1.89 bits per heavy atom. The first-order valence-corrected chi connectivity index (χ1v) is 12.1. The number of benzene rings is 1. The maximum Gasteiger partial charge on any atom is 0.419 e. The molecule has 35 heavy (non-hydrogen) atoms. The second-order valence-corrected chi connectivity index (χ2v) is 9.67. The van der Waals surface area contributed by atoms with Gasteiger partial charge in [-0.3, -0.25) is 24.7 Å². The van der Waals surface area contributed by atoms with Crippen molar-refractivity contribution in [2.45, 2.75) is 43.5 Å². The number of amides is 2. The summed E-state index contributed by atoms with van der Waals surface area (Å²) in [6.07, 6.45) is -2.23. The van der Waals surface area contributed by atoms with Gasteiger partial charge in [0.25, 0.3) is 0 Å². The normalized spacial score (nSPS) is 23.9. The third kappa shape index (κ3) is 4.89. The largest absolute Gasteiger partial charge is 0.419 e. The molecule has 0 aliphatic carbocycles. The second kappa shape index (κ2) is 9.44. The number of halogens is 3. The molecule has 0 bridgehead atoms. The Morgan fingerprint density at radius 1 is 1.11 bits per heavy atom. The van der Waals surface area contributed by atoms with E-state index in [2.05, 4.69) is 33.4 Å². The van der Waals surface area contributed by atoms with E-state index >= 15 is 0 Å². The molecule has 1 aromatic heterocycles. The number of piperidine rings is 1. The lowest BCUT2D eigenvalue weighted by molar-refractivity contribution is -0.138. The zero-order valence-electron chi connectivity index (χ0n) is 19.0. The van der Waals surface area contributed by atoms with Gasteiger partial charge in [-0.1, -0.05) is 18.2 Å². The van der Waals surface area contributed by atoms with Crippen LogP contribution in [-0.4, -0.2) is 58.8 Å². The van der Waals surface area contributed by atoms with Crippen LogP contribution in [0.2, 0.25) is 0 Å². The van der Waals surface area contributed by atoms with Crippen molar-refractivity contribution in [1.82, 2.24) is 20.1 Å². The molecule has 0 radical (unpaired) electrons. The van der Waals surface area contributed by atoms with Crippen LogP contribution in [0.1, 0.15) is 40.5 Å². The van der Waals surface area contributed by atoms with Gasteiger partial charge in [0, 0.05) is 51.9 Å². The molecule has 7 nitrogen and oxygen atoms in total. The number of rotatable bonds is 4. The van der Waals surface area contributed by atoms with E-state index in [9.17, 15) is 22.8 Å². The zero-order valence-corrected chi connectivity index (χ0v) is 19.9. The van der Waals surface area contributed by atoms with E-state index in [-0.39, 0.29) is 29.0 Å². The average Bonchev–Trinajstić information content (AvgIpc) is 3.15. The number of anilines is 1. The Kier molecular flexibility index (Phi) is 6.49. The predicted octanol–water partition coefficient (Wildman–Crippen LogP) is 2.97. The Labute approximate surface area is 206 Å². The molecule has 3 aliphatic heterocycles. The molecule has 2 aromatic rings. The first-order valence-electron chi connectivity index (χ1n) is 11.6. The number of carbonyl (C=O) groups excluding carboxylic acids is 2. The number of piperazine rings is 1.